The summed E-state index contributed by atoms with van der Waals surface area (Å²) in [5.74, 6) is -0.613. The minimum Gasteiger partial charge on any atom is -0.462 e. The number of halogens is 1. The summed E-state index contributed by atoms with van der Waals surface area (Å²) >= 11 is 0. The van der Waals surface area contributed by atoms with E-state index in [0.29, 0.717) is 11.5 Å². The maximum Gasteiger partial charge on any atom is 0.342 e. The second-order valence-electron chi connectivity index (χ2n) is 3.23. The van der Waals surface area contributed by atoms with Crippen LogP contribution < -0.4 is 0 Å². The molecule has 84 valence electrons. The lowest BCUT2D eigenvalue weighted by Crippen LogP contribution is -2.08. The molecular formula is C10H10FN3O2. The number of aromatic nitrogens is 3. The third kappa shape index (κ3) is 1.62. The normalized spacial score (nSPS) is 10.7. The highest BCUT2D eigenvalue weighted by Gasteiger charge is 2.16. The van der Waals surface area contributed by atoms with Crippen LogP contribution in [0.5, 0.6) is 0 Å². The summed E-state index contributed by atoms with van der Waals surface area (Å²) < 4.78 is 19.5. The first-order chi connectivity index (χ1) is 7.63. The first-order valence-electron chi connectivity index (χ1n) is 4.81. The van der Waals surface area contributed by atoms with Gasteiger partial charge in [-0.1, -0.05) is 0 Å². The summed E-state index contributed by atoms with van der Waals surface area (Å²) in [4.78, 5) is 11.6. The lowest BCUT2D eigenvalue weighted by Gasteiger charge is -2.03. The molecule has 0 aromatic carbocycles. The summed E-state index contributed by atoms with van der Waals surface area (Å²) in [6.07, 6.45) is 1.23. The maximum atomic E-state index is 13.3. The Kier molecular flexibility index (Phi) is 2.55. The van der Waals surface area contributed by atoms with Crippen molar-refractivity contribution in [2.75, 3.05) is 6.61 Å². The summed E-state index contributed by atoms with van der Waals surface area (Å²) in [7, 11) is 0. The lowest BCUT2D eigenvalue weighted by atomic mass is 10.2. The van der Waals surface area contributed by atoms with Crippen molar-refractivity contribution in [2.45, 2.75) is 13.8 Å². The third-order valence-corrected chi connectivity index (χ3v) is 2.14. The SMILES string of the molecule is CCOC(=O)c1cc(F)cn2c(C)nnc12. The van der Waals surface area contributed by atoms with Crippen molar-refractivity contribution in [2.24, 2.45) is 0 Å². The Labute approximate surface area is 90.9 Å². The first kappa shape index (κ1) is 10.5. The zero-order valence-electron chi connectivity index (χ0n) is 8.90. The van der Waals surface area contributed by atoms with Crippen molar-refractivity contribution >= 4 is 11.6 Å². The Hall–Kier alpha value is -1.98. The number of ether oxygens (including phenoxy) is 1. The van der Waals surface area contributed by atoms with E-state index in [1.54, 1.807) is 13.8 Å². The van der Waals surface area contributed by atoms with E-state index < -0.39 is 11.8 Å². The van der Waals surface area contributed by atoms with Gasteiger partial charge in [0.25, 0.3) is 0 Å². The lowest BCUT2D eigenvalue weighted by molar-refractivity contribution is 0.0527. The van der Waals surface area contributed by atoms with E-state index in [1.807, 2.05) is 0 Å². The van der Waals surface area contributed by atoms with Gasteiger partial charge in [-0.15, -0.1) is 10.2 Å². The zero-order chi connectivity index (χ0) is 11.7. The summed E-state index contributed by atoms with van der Waals surface area (Å²) in [6.45, 7) is 3.59. The first-order valence-corrected chi connectivity index (χ1v) is 4.81. The van der Waals surface area contributed by atoms with Crippen molar-refractivity contribution in [1.29, 1.82) is 0 Å². The van der Waals surface area contributed by atoms with E-state index in [1.165, 1.54) is 10.6 Å². The van der Waals surface area contributed by atoms with Crippen LogP contribution >= 0.6 is 0 Å². The molecule has 0 aliphatic carbocycles. The average Bonchev–Trinajstić information content (AvgIpc) is 2.60. The summed E-state index contributed by atoms with van der Waals surface area (Å²) in [5, 5.41) is 7.59. The van der Waals surface area contributed by atoms with Crippen molar-refractivity contribution in [3.63, 3.8) is 0 Å². The molecular weight excluding hydrogens is 213 g/mol. The molecule has 0 saturated heterocycles. The molecule has 0 atom stereocenters. The molecule has 0 unspecified atom stereocenters. The second kappa shape index (κ2) is 3.88. The van der Waals surface area contributed by atoms with Gasteiger partial charge < -0.3 is 4.74 Å². The van der Waals surface area contributed by atoms with Gasteiger partial charge in [0.05, 0.1) is 6.61 Å². The summed E-state index contributed by atoms with van der Waals surface area (Å²) in [6, 6.07) is 1.10. The van der Waals surface area contributed by atoms with E-state index in [4.69, 9.17) is 4.74 Å². The molecule has 0 saturated carbocycles. The minimum absolute atomic E-state index is 0.0856. The van der Waals surface area contributed by atoms with Gasteiger partial charge in [-0.05, 0) is 19.9 Å². The number of aryl methyl sites for hydroxylation is 1. The molecule has 0 aliphatic heterocycles. The third-order valence-electron chi connectivity index (χ3n) is 2.14. The molecule has 0 aliphatic rings. The summed E-state index contributed by atoms with van der Waals surface area (Å²) in [5.41, 5.74) is 0.389. The van der Waals surface area contributed by atoms with Gasteiger partial charge in [-0.25, -0.2) is 9.18 Å². The number of carbonyl (C=O) groups excluding carboxylic acids is 1. The number of pyridine rings is 1. The van der Waals surface area contributed by atoms with Crippen LogP contribution in [-0.4, -0.2) is 27.2 Å². The predicted octanol–water partition coefficient (Wildman–Crippen LogP) is 1.35. The van der Waals surface area contributed by atoms with Crippen LogP contribution in [-0.2, 0) is 4.74 Å². The molecule has 16 heavy (non-hydrogen) atoms. The Morgan fingerprint density at radius 2 is 2.31 bits per heavy atom. The molecule has 5 nitrogen and oxygen atoms in total. The van der Waals surface area contributed by atoms with Crippen LogP contribution in [0.25, 0.3) is 5.65 Å². The van der Waals surface area contributed by atoms with Gasteiger partial charge in [0, 0.05) is 6.20 Å². The minimum atomic E-state index is -0.598. The second-order valence-corrected chi connectivity index (χ2v) is 3.23. The van der Waals surface area contributed by atoms with E-state index in [2.05, 4.69) is 10.2 Å². The highest BCUT2D eigenvalue weighted by Crippen LogP contribution is 2.13. The van der Waals surface area contributed by atoms with Crippen molar-refractivity contribution in [1.82, 2.24) is 14.6 Å². The van der Waals surface area contributed by atoms with Crippen LogP contribution in [0.15, 0.2) is 12.3 Å². The number of carbonyl (C=O) groups is 1. The number of esters is 1. The van der Waals surface area contributed by atoms with E-state index in [0.717, 1.165) is 6.07 Å². The molecule has 0 radical (unpaired) electrons. The number of hydrogen-bond acceptors (Lipinski definition) is 4. The Balaban J connectivity index is 2.64. The van der Waals surface area contributed by atoms with Crippen molar-refractivity contribution in [3.05, 3.63) is 29.5 Å². The van der Waals surface area contributed by atoms with Gasteiger partial charge in [-0.3, -0.25) is 4.40 Å². The standard InChI is InChI=1S/C10H10FN3O2/c1-3-16-10(15)8-4-7(11)5-14-6(2)12-13-9(8)14/h4-5H,3H2,1-2H3. The largest absolute Gasteiger partial charge is 0.462 e. The maximum absolute atomic E-state index is 13.3. The average molecular weight is 223 g/mol. The Bertz CT molecular complexity index is 550. The van der Waals surface area contributed by atoms with E-state index in [9.17, 15) is 9.18 Å². The molecule has 2 aromatic rings. The Morgan fingerprint density at radius 1 is 1.56 bits per heavy atom. The monoisotopic (exact) mass is 223 g/mol. The van der Waals surface area contributed by atoms with Crippen LogP contribution in [0.1, 0.15) is 23.1 Å². The number of nitrogens with zero attached hydrogens (tertiary/aromatic N) is 3. The fraction of sp³-hybridized carbons (Fsp3) is 0.300. The molecule has 2 rings (SSSR count). The molecule has 0 N–H and O–H groups in total. The van der Waals surface area contributed by atoms with Gasteiger partial charge in [-0.2, -0.15) is 0 Å². The molecule has 6 heteroatoms. The molecule has 0 spiro atoms. The van der Waals surface area contributed by atoms with Crippen molar-refractivity contribution in [3.8, 4) is 0 Å². The smallest absolute Gasteiger partial charge is 0.342 e. The van der Waals surface area contributed by atoms with Crippen LogP contribution in [0.4, 0.5) is 4.39 Å². The van der Waals surface area contributed by atoms with E-state index >= 15 is 0 Å². The molecule has 0 amide bonds. The highest BCUT2D eigenvalue weighted by atomic mass is 19.1. The number of hydrogen-bond donors (Lipinski definition) is 0. The highest BCUT2D eigenvalue weighted by molar-refractivity contribution is 5.95. The number of fused-ring (bicyclic) bond motifs is 1. The van der Waals surface area contributed by atoms with Gasteiger partial charge in [0.1, 0.15) is 17.2 Å². The van der Waals surface area contributed by atoms with Crippen molar-refractivity contribution < 1.29 is 13.9 Å². The molecule has 2 aromatic heterocycles. The van der Waals surface area contributed by atoms with Gasteiger partial charge >= 0.3 is 5.97 Å². The topological polar surface area (TPSA) is 56.5 Å². The number of rotatable bonds is 2. The molecule has 0 fully saturated rings. The van der Waals surface area contributed by atoms with E-state index in [-0.39, 0.29) is 12.2 Å². The molecule has 0 bridgehead atoms. The fourth-order valence-corrected chi connectivity index (χ4v) is 1.43. The predicted molar refractivity (Wildman–Crippen MR) is 53.6 cm³/mol. The van der Waals surface area contributed by atoms with Gasteiger partial charge in [0.15, 0.2) is 5.65 Å². The zero-order valence-corrected chi connectivity index (χ0v) is 8.90. The fourth-order valence-electron chi connectivity index (χ4n) is 1.43. The van der Waals surface area contributed by atoms with Crippen LogP contribution in [0.3, 0.4) is 0 Å². The Morgan fingerprint density at radius 3 is 3.00 bits per heavy atom. The quantitative estimate of drug-likeness (QED) is 0.721. The van der Waals surface area contributed by atoms with Gasteiger partial charge in [0.2, 0.25) is 0 Å². The molecule has 2 heterocycles. The van der Waals surface area contributed by atoms with Crippen LogP contribution in [0.2, 0.25) is 0 Å². The van der Waals surface area contributed by atoms with Crippen LogP contribution in [0, 0.1) is 12.7 Å².